The second-order valence-corrected chi connectivity index (χ2v) is 7.05. The molecule has 7 heteroatoms. The number of nitrogens with two attached hydrogens (primary N) is 1. The first-order valence-corrected chi connectivity index (χ1v) is 8.17. The van der Waals surface area contributed by atoms with Crippen molar-refractivity contribution in [1.82, 2.24) is 14.5 Å². The maximum atomic E-state index is 12.3. The summed E-state index contributed by atoms with van der Waals surface area (Å²) in [6.45, 7) is 6.83. The van der Waals surface area contributed by atoms with Crippen molar-refractivity contribution in [2.75, 3.05) is 6.54 Å². The van der Waals surface area contributed by atoms with Gasteiger partial charge < -0.3 is 19.9 Å². The van der Waals surface area contributed by atoms with Crippen LogP contribution in [0.25, 0.3) is 11.3 Å². The van der Waals surface area contributed by atoms with E-state index in [0.717, 1.165) is 17.0 Å². The van der Waals surface area contributed by atoms with E-state index in [1.54, 1.807) is 23.4 Å². The van der Waals surface area contributed by atoms with E-state index in [4.69, 9.17) is 10.5 Å². The Morgan fingerprint density at radius 1 is 1.28 bits per heavy atom. The minimum Gasteiger partial charge on any atom is -0.444 e. The van der Waals surface area contributed by atoms with Gasteiger partial charge in [0, 0.05) is 31.0 Å². The fourth-order valence-corrected chi connectivity index (χ4v) is 2.94. The predicted octanol–water partition coefficient (Wildman–Crippen LogP) is 2.40. The van der Waals surface area contributed by atoms with Gasteiger partial charge in [-0.1, -0.05) is 0 Å². The number of rotatable bonds is 2. The third-order valence-corrected chi connectivity index (χ3v) is 4.02. The van der Waals surface area contributed by atoms with Gasteiger partial charge in [0.05, 0.1) is 23.5 Å². The van der Waals surface area contributed by atoms with Crippen LogP contribution in [0.4, 0.5) is 4.79 Å². The standard InChI is InChI=1S/C18H22N4O3/c1-18(2,3)25-17(24)21-7-8-22-14(12-5-4-6-20-10-12)9-13(16(19)23)15(22)11-21/h4-6,9-10H,7-8,11H2,1-3H3,(H2,19,23). The fourth-order valence-electron chi connectivity index (χ4n) is 2.94. The van der Waals surface area contributed by atoms with Crippen LogP contribution >= 0.6 is 0 Å². The number of aromatic nitrogens is 2. The van der Waals surface area contributed by atoms with Crippen LogP contribution in [0, 0.1) is 0 Å². The number of fused-ring (bicyclic) bond motifs is 1. The highest BCUT2D eigenvalue weighted by Crippen LogP contribution is 2.29. The molecule has 0 atom stereocenters. The van der Waals surface area contributed by atoms with Crippen LogP contribution in [0.5, 0.6) is 0 Å². The Bertz CT molecular complexity index is 806. The van der Waals surface area contributed by atoms with Gasteiger partial charge in [-0.25, -0.2) is 4.79 Å². The van der Waals surface area contributed by atoms with E-state index < -0.39 is 17.6 Å². The van der Waals surface area contributed by atoms with E-state index in [2.05, 4.69) is 4.98 Å². The molecule has 0 radical (unpaired) electrons. The lowest BCUT2D eigenvalue weighted by molar-refractivity contribution is 0.0198. The van der Waals surface area contributed by atoms with Gasteiger partial charge >= 0.3 is 6.09 Å². The minimum atomic E-state index is -0.566. The van der Waals surface area contributed by atoms with Crippen LogP contribution in [0.3, 0.4) is 0 Å². The van der Waals surface area contributed by atoms with Gasteiger partial charge in [0.25, 0.3) is 5.91 Å². The summed E-state index contributed by atoms with van der Waals surface area (Å²) in [6.07, 6.45) is 3.05. The van der Waals surface area contributed by atoms with E-state index in [1.165, 1.54) is 0 Å². The molecule has 0 saturated heterocycles. The zero-order valence-corrected chi connectivity index (χ0v) is 14.7. The molecule has 0 unspecified atom stereocenters. The van der Waals surface area contributed by atoms with Gasteiger partial charge in [-0.3, -0.25) is 9.78 Å². The molecule has 2 aromatic rings. The number of pyridine rings is 1. The Kier molecular flexibility index (Phi) is 4.24. The van der Waals surface area contributed by atoms with Crippen LogP contribution in [0.2, 0.25) is 0 Å². The van der Waals surface area contributed by atoms with E-state index in [-0.39, 0.29) is 6.54 Å². The lowest BCUT2D eigenvalue weighted by Crippen LogP contribution is -2.42. The second-order valence-electron chi connectivity index (χ2n) is 7.05. The lowest BCUT2D eigenvalue weighted by atomic mass is 10.1. The van der Waals surface area contributed by atoms with Gasteiger partial charge in [0.2, 0.25) is 0 Å². The summed E-state index contributed by atoms with van der Waals surface area (Å²) in [5.41, 5.74) is 7.91. The van der Waals surface area contributed by atoms with Crippen LogP contribution < -0.4 is 5.73 Å². The van der Waals surface area contributed by atoms with Gasteiger partial charge in [-0.2, -0.15) is 0 Å². The molecule has 0 fully saturated rings. The van der Waals surface area contributed by atoms with E-state index in [1.807, 2.05) is 37.5 Å². The average Bonchev–Trinajstić information content (AvgIpc) is 2.93. The summed E-state index contributed by atoms with van der Waals surface area (Å²) in [5, 5.41) is 0. The molecule has 3 rings (SSSR count). The molecule has 25 heavy (non-hydrogen) atoms. The molecule has 1 aliphatic heterocycles. The number of nitrogens with zero attached hydrogens (tertiary/aromatic N) is 3. The number of ether oxygens (including phenoxy) is 1. The van der Waals surface area contributed by atoms with Crippen molar-refractivity contribution in [3.63, 3.8) is 0 Å². The third-order valence-electron chi connectivity index (χ3n) is 4.02. The Labute approximate surface area is 146 Å². The largest absolute Gasteiger partial charge is 0.444 e. The summed E-state index contributed by atoms with van der Waals surface area (Å²) < 4.78 is 7.46. The van der Waals surface area contributed by atoms with E-state index in [0.29, 0.717) is 18.7 Å². The van der Waals surface area contributed by atoms with Crippen molar-refractivity contribution in [1.29, 1.82) is 0 Å². The highest BCUT2D eigenvalue weighted by atomic mass is 16.6. The first-order chi connectivity index (χ1) is 11.8. The minimum absolute atomic E-state index is 0.285. The Balaban J connectivity index is 1.95. The number of amides is 2. The molecule has 2 amide bonds. The maximum absolute atomic E-state index is 12.3. The monoisotopic (exact) mass is 342 g/mol. The first kappa shape index (κ1) is 17.0. The van der Waals surface area contributed by atoms with Gasteiger partial charge in [0.1, 0.15) is 5.60 Å². The molecule has 2 aromatic heterocycles. The van der Waals surface area contributed by atoms with Crippen LogP contribution in [0.15, 0.2) is 30.6 Å². The molecule has 0 bridgehead atoms. The first-order valence-electron chi connectivity index (χ1n) is 8.17. The van der Waals surface area contributed by atoms with Crippen LogP contribution in [-0.2, 0) is 17.8 Å². The van der Waals surface area contributed by atoms with Crippen molar-refractivity contribution in [2.24, 2.45) is 5.73 Å². The molecular formula is C18H22N4O3. The van der Waals surface area contributed by atoms with E-state index in [9.17, 15) is 9.59 Å². The molecule has 0 saturated carbocycles. The van der Waals surface area contributed by atoms with Gasteiger partial charge in [0.15, 0.2) is 0 Å². The highest BCUT2D eigenvalue weighted by Gasteiger charge is 2.30. The third kappa shape index (κ3) is 3.50. The van der Waals surface area contributed by atoms with Crippen molar-refractivity contribution in [3.05, 3.63) is 41.9 Å². The molecule has 0 aliphatic carbocycles. The number of primary amides is 1. The summed E-state index contributed by atoms with van der Waals surface area (Å²) in [4.78, 5) is 30.0. The summed E-state index contributed by atoms with van der Waals surface area (Å²) >= 11 is 0. The number of carbonyl (C=O) groups excluding carboxylic acids is 2. The summed E-state index contributed by atoms with van der Waals surface area (Å²) in [5.74, 6) is -0.509. The molecule has 2 N–H and O–H groups in total. The SMILES string of the molecule is CC(C)(C)OC(=O)N1CCn2c(-c3cccnc3)cc(C(N)=O)c2C1. The average molecular weight is 342 g/mol. The van der Waals surface area contributed by atoms with Gasteiger partial charge in [-0.15, -0.1) is 0 Å². The number of hydrogen-bond acceptors (Lipinski definition) is 4. The molecule has 132 valence electrons. The van der Waals surface area contributed by atoms with Gasteiger partial charge in [-0.05, 0) is 39.0 Å². The zero-order chi connectivity index (χ0) is 18.2. The molecule has 7 nitrogen and oxygen atoms in total. The molecule has 3 heterocycles. The number of carbonyl (C=O) groups is 2. The Morgan fingerprint density at radius 2 is 2.04 bits per heavy atom. The molecular weight excluding hydrogens is 320 g/mol. The summed E-state index contributed by atoms with van der Waals surface area (Å²) in [7, 11) is 0. The van der Waals surface area contributed by atoms with Crippen LogP contribution in [-0.4, -0.2) is 38.6 Å². The Morgan fingerprint density at radius 3 is 2.64 bits per heavy atom. The topological polar surface area (TPSA) is 90.4 Å². The number of hydrogen-bond donors (Lipinski definition) is 1. The predicted molar refractivity (Wildman–Crippen MR) is 92.8 cm³/mol. The second kappa shape index (κ2) is 6.23. The smallest absolute Gasteiger partial charge is 0.410 e. The zero-order valence-electron chi connectivity index (χ0n) is 14.7. The fraction of sp³-hybridized carbons (Fsp3) is 0.389. The van der Waals surface area contributed by atoms with Crippen molar-refractivity contribution >= 4 is 12.0 Å². The Hall–Kier alpha value is -2.83. The van der Waals surface area contributed by atoms with Crippen molar-refractivity contribution in [3.8, 4) is 11.3 Å². The highest BCUT2D eigenvalue weighted by molar-refractivity contribution is 5.96. The van der Waals surface area contributed by atoms with Crippen LogP contribution in [0.1, 0.15) is 36.8 Å². The van der Waals surface area contributed by atoms with Crippen molar-refractivity contribution in [2.45, 2.75) is 39.5 Å². The molecule has 0 spiro atoms. The quantitative estimate of drug-likeness (QED) is 0.907. The molecule has 0 aromatic carbocycles. The molecule has 1 aliphatic rings. The summed E-state index contributed by atoms with van der Waals surface area (Å²) in [6, 6.07) is 5.54. The van der Waals surface area contributed by atoms with Crippen molar-refractivity contribution < 1.29 is 14.3 Å². The van der Waals surface area contributed by atoms with E-state index >= 15 is 0 Å². The maximum Gasteiger partial charge on any atom is 0.410 e. The normalized spacial score (nSPS) is 14.1. The lowest BCUT2D eigenvalue weighted by Gasteiger charge is -2.32.